The Balaban J connectivity index is 1.19. The zero-order valence-electron chi connectivity index (χ0n) is 99.3. The van der Waals surface area contributed by atoms with E-state index in [4.69, 9.17) is 27.6 Å². The van der Waals surface area contributed by atoms with Gasteiger partial charge in [-0.25, -0.2) is 0 Å². The summed E-state index contributed by atoms with van der Waals surface area (Å²) in [4.78, 5) is 24.7. The predicted molar refractivity (Wildman–Crippen MR) is 664 cm³/mol. The molecule has 0 saturated heterocycles. The van der Waals surface area contributed by atoms with E-state index < -0.39 is 15.2 Å². The summed E-state index contributed by atoms with van der Waals surface area (Å²) in [6.07, 6.45) is 133. The molecule has 0 aliphatic heterocycles. The normalized spacial score (nSPS) is 12.1. The minimum absolute atomic E-state index is 0.0171. The number of hydrogen-bond acceptors (Lipinski definition) is 10. The van der Waals surface area contributed by atoms with E-state index in [9.17, 15) is 9.59 Å². The van der Waals surface area contributed by atoms with E-state index in [0.717, 1.165) is 85.9 Å². The van der Waals surface area contributed by atoms with Crippen molar-refractivity contribution < 1.29 is 37.2 Å². The van der Waals surface area contributed by atoms with Gasteiger partial charge in [-0.2, -0.15) is 0 Å². The van der Waals surface area contributed by atoms with Crippen LogP contribution in [0.3, 0.4) is 0 Å². The van der Waals surface area contributed by atoms with E-state index >= 15 is 0 Å². The Morgan fingerprint density at radius 2 is 0.389 bits per heavy atom. The van der Waals surface area contributed by atoms with Crippen molar-refractivity contribution in [2.45, 2.75) is 689 Å². The highest BCUT2D eigenvalue weighted by atomic mass is 32.7. The van der Waals surface area contributed by atoms with Gasteiger partial charge in [-0.1, -0.05) is 655 Å². The van der Waals surface area contributed by atoms with Crippen molar-refractivity contribution in [1.82, 2.24) is 0 Å². The lowest BCUT2D eigenvalue weighted by molar-refractivity contribution is -0.144. The van der Waals surface area contributed by atoms with Crippen LogP contribution in [-0.4, -0.2) is 36.7 Å². The summed E-state index contributed by atoms with van der Waals surface area (Å²) in [5.41, 5.74) is 4.96. The largest absolute Gasteiger partial charge is 0.466 e. The van der Waals surface area contributed by atoms with E-state index in [1.54, 1.807) is 0 Å². The van der Waals surface area contributed by atoms with Crippen molar-refractivity contribution in [1.29, 1.82) is 0 Å². The maximum Gasteiger partial charge on any atom is 0.360 e. The highest BCUT2D eigenvalue weighted by molar-refractivity contribution is 8.53. The number of rotatable bonds is 118. The molecule has 4 rings (SSSR count). The van der Waals surface area contributed by atoms with Crippen molar-refractivity contribution in [2.24, 2.45) is 0 Å². The summed E-state index contributed by atoms with van der Waals surface area (Å²) in [6.45, 7) is 15.1. The molecule has 8 nitrogen and oxygen atoms in total. The molecule has 4 aromatic carbocycles. The number of esters is 2. The van der Waals surface area contributed by atoms with Gasteiger partial charge in [0.1, 0.15) is 23.0 Å². The Bertz CT molecular complexity index is 3220. The standard InChI is InChI=1S/C137H242O8P2S2/c1-7-11-15-19-23-27-31-35-39-47-55-63-71-79-87-95-105-127-107-103-109-133(125-127)144-146(148-123-101-93-85-77-69-61-53-45-43-49-57-65-73-81-89-97-111-135(138)140-121-99-91-83-75-67-59-51-41-37-33-29-25-21-17-13-9-3)142-131-117-113-129(114-118-131)137(5,6)130-115-119-132(120-116-130)143-147(145-134-110-104-108-128(126-134)106-96-88-80-72-64-56-48-40-36-32-28-24-20-16-12-8-2)149-124-102-94-86-78-70-62-54-46-44-50-58-66-74-82-90-98-112-136(139)141-122-100-92-84-76-68-60-52-42-38-34-30-26-22-18-14-10-4/h103-104,107-110,113-120,125-126H,7-102,105-106,111-112,121-124H2,1-6H3. The average Bonchev–Trinajstić information content (AvgIpc) is 0.798. The molecule has 0 aliphatic rings. The molecule has 0 saturated carbocycles. The number of carbonyl (C=O) groups excluding carboxylic acids is 2. The minimum Gasteiger partial charge on any atom is -0.466 e. The van der Waals surface area contributed by atoms with Gasteiger partial charge < -0.3 is 27.6 Å². The second kappa shape index (κ2) is 107. The van der Waals surface area contributed by atoms with Crippen LogP contribution in [0.4, 0.5) is 0 Å². The van der Waals surface area contributed by atoms with Crippen molar-refractivity contribution >= 4 is 49.9 Å². The number of benzene rings is 4. The quantitative estimate of drug-likeness (QED) is 0.0242. The summed E-state index contributed by atoms with van der Waals surface area (Å²) in [5, 5.41) is 0. The molecule has 0 fully saturated rings. The topological polar surface area (TPSA) is 89.5 Å². The van der Waals surface area contributed by atoms with Gasteiger partial charge in [0.05, 0.1) is 13.2 Å². The van der Waals surface area contributed by atoms with Crippen LogP contribution in [0.25, 0.3) is 0 Å². The van der Waals surface area contributed by atoms with Crippen LogP contribution in [0.5, 0.6) is 23.0 Å². The Kier molecular flexibility index (Phi) is 99.4. The first kappa shape index (κ1) is 138. The fourth-order valence-electron chi connectivity index (χ4n) is 21.6. The SMILES string of the molecule is CCCCCCCCCCCCCCCCCCOC(=O)CCCCCCCCCCCCCCCCCCSP(Oc1ccc(C(C)(C)c2ccc(OP(Oc3cccc(CCCCCCCCCCCCCCCCCC)c3)SCCCCCCCCCCCCCCCCCCC(=O)OCCCCCCCCCCCCCCCCCC)cc2)cc1)Oc1cccc(CCCCCCCCCCCCCCCCCC)c1. The van der Waals surface area contributed by atoms with E-state index in [0.29, 0.717) is 26.1 Å². The molecule has 0 heterocycles. The molecule has 0 radical (unpaired) electrons. The monoisotopic (exact) mass is 2140 g/mol. The summed E-state index contributed by atoms with van der Waals surface area (Å²) >= 11 is 3.74. The van der Waals surface area contributed by atoms with Crippen LogP contribution < -0.4 is 18.1 Å². The van der Waals surface area contributed by atoms with Crippen molar-refractivity contribution in [3.63, 3.8) is 0 Å². The molecule has 149 heavy (non-hydrogen) atoms. The minimum atomic E-state index is -1.28. The predicted octanol–water partition coefficient (Wildman–Crippen LogP) is 49.3. The van der Waals surface area contributed by atoms with Gasteiger partial charge in [0.2, 0.25) is 0 Å². The zero-order chi connectivity index (χ0) is 106. The van der Waals surface area contributed by atoms with Crippen LogP contribution in [0, 0.1) is 0 Å². The molecular weight excluding hydrogens is 1900 g/mol. The third-order valence-corrected chi connectivity index (χ3v) is 37.8. The first-order valence-corrected chi connectivity index (χ1v) is 71.4. The van der Waals surface area contributed by atoms with Crippen LogP contribution in [0.1, 0.15) is 693 Å². The summed E-state index contributed by atoms with van der Waals surface area (Å²) < 4.78 is 38.9. The van der Waals surface area contributed by atoms with Crippen molar-refractivity contribution in [3.8, 4) is 23.0 Å². The van der Waals surface area contributed by atoms with Gasteiger partial charge >= 0.3 is 27.1 Å². The van der Waals surface area contributed by atoms with Crippen LogP contribution in [0.15, 0.2) is 97.1 Å². The van der Waals surface area contributed by atoms with Crippen LogP contribution in [-0.2, 0) is 37.3 Å². The molecule has 860 valence electrons. The smallest absolute Gasteiger partial charge is 0.360 e. The lowest BCUT2D eigenvalue weighted by atomic mass is 9.78. The molecule has 2 atom stereocenters. The zero-order valence-corrected chi connectivity index (χ0v) is 103. The molecular formula is C137H242O8P2S2. The highest BCUT2D eigenvalue weighted by Crippen LogP contribution is 2.54. The second-order valence-corrected chi connectivity index (χ2v) is 52.7. The van der Waals surface area contributed by atoms with E-state index in [1.165, 1.54) is 600 Å². The van der Waals surface area contributed by atoms with E-state index in [2.05, 4.69) is 139 Å². The first-order valence-electron chi connectivity index (χ1n) is 65.9. The molecule has 0 amide bonds. The lowest BCUT2D eigenvalue weighted by Crippen LogP contribution is -2.18. The summed E-state index contributed by atoms with van der Waals surface area (Å²) in [6, 6.07) is 35.6. The van der Waals surface area contributed by atoms with Gasteiger partial charge in [-0.15, -0.1) is 0 Å². The Morgan fingerprint density at radius 3 is 0.604 bits per heavy atom. The van der Waals surface area contributed by atoms with Gasteiger partial charge in [-0.05, 0) is 158 Å². The number of carbonyl (C=O) groups is 2. The highest BCUT2D eigenvalue weighted by Gasteiger charge is 2.26. The van der Waals surface area contributed by atoms with Crippen LogP contribution in [0.2, 0.25) is 0 Å². The summed E-state index contributed by atoms with van der Waals surface area (Å²) in [5.74, 6) is 5.66. The number of hydrogen-bond donors (Lipinski definition) is 0. The number of aryl methyl sites for hydroxylation is 2. The van der Waals surface area contributed by atoms with E-state index in [1.807, 2.05) is 22.8 Å². The van der Waals surface area contributed by atoms with Crippen molar-refractivity contribution in [2.75, 3.05) is 24.7 Å². The molecule has 0 spiro atoms. The third kappa shape index (κ3) is 88.2. The Labute approximate surface area is 936 Å². The number of ether oxygens (including phenoxy) is 2. The average molecular weight is 2140 g/mol. The van der Waals surface area contributed by atoms with Crippen molar-refractivity contribution in [3.05, 3.63) is 119 Å². The molecule has 0 N–H and O–H groups in total. The van der Waals surface area contributed by atoms with E-state index in [-0.39, 0.29) is 17.4 Å². The maximum atomic E-state index is 12.4. The molecule has 0 bridgehead atoms. The van der Waals surface area contributed by atoms with Gasteiger partial charge in [0, 0.05) is 29.8 Å². The first-order chi connectivity index (χ1) is 73.6. The summed E-state index contributed by atoms with van der Waals surface area (Å²) in [7, 11) is -2.57. The van der Waals surface area contributed by atoms with Crippen LogP contribution >= 0.6 is 37.9 Å². The third-order valence-electron chi connectivity index (χ3n) is 31.8. The molecule has 0 aliphatic carbocycles. The molecule has 0 aromatic heterocycles. The lowest BCUT2D eigenvalue weighted by Gasteiger charge is -2.27. The fraction of sp³-hybridized carbons (Fsp3) is 0.810. The molecule has 4 aromatic rings. The fourth-order valence-corrected chi connectivity index (χ4v) is 27.3. The molecule has 12 heteroatoms. The van der Waals surface area contributed by atoms with Gasteiger partial charge in [-0.3, -0.25) is 9.59 Å². The molecule has 2 unspecified atom stereocenters. The Morgan fingerprint density at radius 1 is 0.208 bits per heavy atom. The number of unbranched alkanes of at least 4 members (excludes halogenated alkanes) is 90. The second-order valence-electron chi connectivity index (χ2n) is 46.4. The Hall–Kier alpha value is -3.42. The van der Waals surface area contributed by atoms with Gasteiger partial charge in [0.25, 0.3) is 0 Å². The van der Waals surface area contributed by atoms with Gasteiger partial charge in [0.15, 0.2) is 0 Å². The maximum absolute atomic E-state index is 12.4.